The van der Waals surface area contributed by atoms with E-state index in [2.05, 4.69) is 92.0 Å². The van der Waals surface area contributed by atoms with E-state index in [4.69, 9.17) is 28.9 Å². The van der Waals surface area contributed by atoms with E-state index in [1.807, 2.05) is 42.5 Å². The van der Waals surface area contributed by atoms with Crippen LogP contribution in [0, 0.1) is 11.8 Å². The van der Waals surface area contributed by atoms with E-state index in [0.29, 0.717) is 88.8 Å². The van der Waals surface area contributed by atoms with Crippen LogP contribution in [-0.2, 0) is 0 Å². The number of aromatic carboxylic acids is 1. The fraction of sp³-hybridized carbons (Fsp3) is 0.539. The van der Waals surface area contributed by atoms with Crippen molar-refractivity contribution in [1.29, 1.82) is 0 Å². The Labute approximate surface area is 597 Å². The van der Waals surface area contributed by atoms with Crippen LogP contribution in [0.4, 0.5) is 0 Å². The van der Waals surface area contributed by atoms with Gasteiger partial charge in [0.05, 0.1) is 78.3 Å². The van der Waals surface area contributed by atoms with E-state index in [-0.39, 0.29) is 11.6 Å². The maximum atomic E-state index is 12.0. The molecule has 0 spiro atoms. The van der Waals surface area contributed by atoms with Crippen LogP contribution in [0.25, 0.3) is 68.6 Å². The number of fused-ring (bicyclic) bond motifs is 8. The van der Waals surface area contributed by atoms with E-state index in [0.717, 1.165) is 90.2 Å². The molecule has 8 rings (SSSR count). The highest BCUT2D eigenvalue weighted by molar-refractivity contribution is 5.98. The summed E-state index contributed by atoms with van der Waals surface area (Å²) in [5.41, 5.74) is 9.98. The Bertz CT molecular complexity index is 3490. The Morgan fingerprint density at radius 3 is 1.12 bits per heavy atom. The van der Waals surface area contributed by atoms with Crippen molar-refractivity contribution < 1.29 is 30.2 Å². The van der Waals surface area contributed by atoms with Crippen LogP contribution in [0.1, 0.15) is 330 Å². The molecule has 0 aliphatic carbocycles. The van der Waals surface area contributed by atoms with Gasteiger partial charge in [-0.15, -0.1) is 0 Å². The molecule has 3 aromatic heterocycles. The summed E-state index contributed by atoms with van der Waals surface area (Å²) in [6.07, 6.45) is 57.4. The number of nitrogens with one attached hydrogen (secondary N) is 2. The molecule has 3 aromatic carbocycles. The van der Waals surface area contributed by atoms with Gasteiger partial charge in [-0.1, -0.05) is 283 Å². The molecular formula is C89H122N4O6. The zero-order valence-electron chi connectivity index (χ0n) is 62.4. The molecule has 0 atom stereocenters. The molecule has 2 aliphatic heterocycles. The Hall–Kier alpha value is -7.51. The Morgan fingerprint density at radius 1 is 0.374 bits per heavy atom. The quantitative estimate of drug-likeness (QED) is 0.0254. The number of hydrogen-bond acceptors (Lipinski definition) is 7. The van der Waals surface area contributed by atoms with Gasteiger partial charge in [-0.05, 0) is 129 Å². The lowest BCUT2D eigenvalue weighted by atomic mass is 10.0. The van der Waals surface area contributed by atoms with Crippen LogP contribution >= 0.6 is 0 Å². The highest BCUT2D eigenvalue weighted by Gasteiger charge is 2.24. The summed E-state index contributed by atoms with van der Waals surface area (Å²) in [4.78, 5) is 30.6. The van der Waals surface area contributed by atoms with Crippen molar-refractivity contribution in [2.24, 2.45) is 0 Å². The SMILES string of the molecule is [2H]c1c2nc(c(-c3c(OCCCCCCCCCCCC)cccc3OCCCCCCCCCCCC)c3ccc([nH]3)c(C#Cc3ccc(C(=O)O)cc3)c3nc(c(-c4c(OCCCCCCCCCCCC)cccc4OCCCCCCCCCCCC)c4ccc1[nH]4)C=C3)C=C2. The van der Waals surface area contributed by atoms with Gasteiger partial charge in [0.2, 0.25) is 0 Å². The lowest BCUT2D eigenvalue weighted by molar-refractivity contribution is 0.0696. The van der Waals surface area contributed by atoms with Crippen molar-refractivity contribution in [3.05, 3.63) is 130 Å². The second-order valence-electron chi connectivity index (χ2n) is 27.8. The summed E-state index contributed by atoms with van der Waals surface area (Å²) in [5.74, 6) is 8.81. The monoisotopic (exact) mass is 1340 g/mol. The van der Waals surface area contributed by atoms with E-state index >= 15 is 0 Å². The van der Waals surface area contributed by atoms with E-state index in [9.17, 15) is 11.3 Å². The molecule has 5 heterocycles. The normalized spacial score (nSPS) is 11.9. The highest BCUT2D eigenvalue weighted by Crippen LogP contribution is 2.45. The number of H-pyrrole nitrogens is 2. The predicted molar refractivity (Wildman–Crippen MR) is 418 cm³/mol. The fourth-order valence-corrected chi connectivity index (χ4v) is 13.6. The van der Waals surface area contributed by atoms with Crippen LogP contribution in [0.5, 0.6) is 23.0 Å². The van der Waals surface area contributed by atoms with Gasteiger partial charge in [-0.2, -0.15) is 0 Å². The van der Waals surface area contributed by atoms with Crippen LogP contribution < -0.4 is 18.9 Å². The van der Waals surface area contributed by atoms with Crippen LogP contribution in [0.15, 0.2) is 91.0 Å². The van der Waals surface area contributed by atoms with Crippen molar-refractivity contribution in [3.63, 3.8) is 0 Å². The number of aromatic nitrogens is 4. The minimum absolute atomic E-state index is 0.191. The first-order valence-corrected chi connectivity index (χ1v) is 39.6. The minimum Gasteiger partial charge on any atom is -0.493 e. The van der Waals surface area contributed by atoms with Gasteiger partial charge in [0.25, 0.3) is 0 Å². The molecule has 10 heteroatoms. The van der Waals surface area contributed by atoms with Gasteiger partial charge in [0.1, 0.15) is 23.0 Å². The average molecular weight is 1340 g/mol. The third-order valence-corrected chi connectivity index (χ3v) is 19.5. The first kappa shape index (κ1) is 75.7. The predicted octanol–water partition coefficient (Wildman–Crippen LogP) is 26.3. The first-order chi connectivity index (χ1) is 49.3. The number of rotatable bonds is 51. The van der Waals surface area contributed by atoms with Crippen molar-refractivity contribution in [2.75, 3.05) is 26.4 Å². The van der Waals surface area contributed by atoms with Gasteiger partial charge < -0.3 is 34.0 Å². The topological polar surface area (TPSA) is 132 Å². The molecule has 99 heavy (non-hydrogen) atoms. The third-order valence-electron chi connectivity index (χ3n) is 19.5. The number of ether oxygens (including phenoxy) is 4. The summed E-state index contributed by atoms with van der Waals surface area (Å²) >= 11 is 0. The molecule has 534 valence electrons. The largest absolute Gasteiger partial charge is 0.493 e. The van der Waals surface area contributed by atoms with Crippen molar-refractivity contribution in [2.45, 2.75) is 285 Å². The van der Waals surface area contributed by atoms with Gasteiger partial charge >= 0.3 is 5.97 Å². The highest BCUT2D eigenvalue weighted by atomic mass is 16.5. The number of unbranched alkanes of at least 4 members (excludes halogenated alkanes) is 36. The second kappa shape index (κ2) is 46.0. The number of carbonyl (C=O) groups is 1. The molecule has 0 amide bonds. The van der Waals surface area contributed by atoms with Gasteiger partial charge in [-0.3, -0.25) is 0 Å². The first-order valence-electron chi connectivity index (χ1n) is 40.1. The maximum Gasteiger partial charge on any atom is 0.335 e. The summed E-state index contributed by atoms with van der Waals surface area (Å²) in [6, 6.07) is 27.4. The smallest absolute Gasteiger partial charge is 0.335 e. The van der Waals surface area contributed by atoms with Gasteiger partial charge in [-0.25, -0.2) is 14.8 Å². The molecular weight excluding hydrogens is 1220 g/mol. The number of carboxylic acid groups (broad SMARTS) is 1. The standard InChI is InChI=1S/C89H122N4O6/c1-5-9-13-17-21-25-29-33-37-41-65-96-81-47-45-48-82(97-66-42-38-34-30-26-22-18-14-10-6-2)87(81)85-77-59-56-72(90-77)69-73-57-60-78(91-73)86(80-64-62-76(93-80)74(75-61-63-79(85)92-75)58-53-70-51-54-71(55-52-70)89(94)95)88-83(98-67-43-39-35-31-27-23-19-15-11-7-3)49-46-50-84(88)99-68-44-40-36-32-28-24-20-16-12-8-4/h45-52,54-57,59-64,69,90,93H,5-44,65-68H2,1-4H3,(H,94,95)/i69D. The molecule has 0 saturated heterocycles. The summed E-state index contributed by atoms with van der Waals surface area (Å²) in [6.45, 7) is 11.3. The number of hydrogen-bond donors (Lipinski definition) is 3. The molecule has 0 saturated carbocycles. The Morgan fingerprint density at radius 2 is 0.717 bits per heavy atom. The van der Waals surface area contributed by atoms with Crippen molar-refractivity contribution >= 4 is 52.3 Å². The van der Waals surface area contributed by atoms with Crippen molar-refractivity contribution in [3.8, 4) is 57.1 Å². The van der Waals surface area contributed by atoms with E-state index in [1.54, 1.807) is 24.3 Å². The number of carboxylic acids is 1. The third kappa shape index (κ3) is 26.5. The molecule has 0 unspecified atom stereocenters. The molecule has 2 aliphatic rings. The molecule has 8 bridgehead atoms. The zero-order valence-corrected chi connectivity index (χ0v) is 61.4. The van der Waals surface area contributed by atoms with Crippen molar-refractivity contribution in [1.82, 2.24) is 19.9 Å². The minimum atomic E-state index is -0.994. The van der Waals surface area contributed by atoms with Crippen LogP contribution in [0.3, 0.4) is 0 Å². The van der Waals surface area contributed by atoms with E-state index < -0.39 is 5.97 Å². The summed E-state index contributed by atoms with van der Waals surface area (Å²) in [5, 5.41) is 9.85. The molecule has 0 radical (unpaired) electrons. The number of benzene rings is 3. The van der Waals surface area contributed by atoms with Gasteiger partial charge in [0.15, 0.2) is 0 Å². The Balaban J connectivity index is 1.23. The lowest BCUT2D eigenvalue weighted by Crippen LogP contribution is -2.04. The Kier molecular flexibility index (Phi) is 35.2. The van der Waals surface area contributed by atoms with Crippen LogP contribution in [0.2, 0.25) is 0 Å². The van der Waals surface area contributed by atoms with Gasteiger partial charge in [0, 0.05) is 33.2 Å². The molecule has 0 fully saturated rings. The second-order valence-corrected chi connectivity index (χ2v) is 27.8. The van der Waals surface area contributed by atoms with Crippen LogP contribution in [-0.4, -0.2) is 57.4 Å². The fourth-order valence-electron chi connectivity index (χ4n) is 13.6. The summed E-state index contributed by atoms with van der Waals surface area (Å²) < 4.78 is 37.7. The lowest BCUT2D eigenvalue weighted by Gasteiger charge is -2.18. The molecule has 3 N–H and O–H groups in total. The van der Waals surface area contributed by atoms with E-state index in [1.165, 1.54) is 205 Å². The molecule has 10 nitrogen and oxygen atoms in total. The zero-order chi connectivity index (χ0) is 70.0. The average Bonchev–Trinajstić information content (AvgIpc) is 1.58. The number of nitrogens with zero attached hydrogens (tertiary/aromatic N) is 2. The molecule has 6 aromatic rings. The maximum absolute atomic E-state index is 12.0. The summed E-state index contributed by atoms with van der Waals surface area (Å²) in [7, 11) is 0. The number of aromatic amines is 2.